The zero-order valence-corrected chi connectivity index (χ0v) is 12.3. The number of aryl methyl sites for hydroxylation is 1. The summed E-state index contributed by atoms with van der Waals surface area (Å²) in [6.45, 7) is 4.54. The lowest BCUT2D eigenvalue weighted by Gasteiger charge is -2.15. The van der Waals surface area contributed by atoms with Crippen molar-refractivity contribution in [2.45, 2.75) is 31.5 Å². The molecule has 108 valence electrons. The maximum atomic E-state index is 11.1. The quantitative estimate of drug-likeness (QED) is 0.884. The number of rotatable bonds is 5. The van der Waals surface area contributed by atoms with Crippen molar-refractivity contribution in [3.63, 3.8) is 0 Å². The molecule has 0 bridgehead atoms. The van der Waals surface area contributed by atoms with Gasteiger partial charge in [-0.05, 0) is 37.1 Å². The molecule has 0 aliphatic carbocycles. The molecule has 2 rings (SSSR count). The first-order chi connectivity index (χ1) is 9.38. The molecule has 1 atom stereocenters. The van der Waals surface area contributed by atoms with Gasteiger partial charge in [0.25, 0.3) is 10.0 Å². The second-order valence-corrected chi connectivity index (χ2v) is 6.22. The summed E-state index contributed by atoms with van der Waals surface area (Å²) < 4.78 is 27.4. The van der Waals surface area contributed by atoms with Gasteiger partial charge in [-0.3, -0.25) is 0 Å². The Bertz CT molecular complexity index is 692. The minimum Gasteiger partial charge on any atom is -0.447 e. The predicted octanol–water partition coefficient (Wildman–Crippen LogP) is 2.09. The van der Waals surface area contributed by atoms with Crippen LogP contribution in [0.5, 0.6) is 0 Å². The van der Waals surface area contributed by atoms with Gasteiger partial charge in [-0.2, -0.15) is 0 Å². The third kappa shape index (κ3) is 3.47. The van der Waals surface area contributed by atoms with E-state index in [1.165, 1.54) is 17.2 Å². The van der Waals surface area contributed by atoms with Crippen LogP contribution in [0.25, 0.3) is 0 Å². The highest BCUT2D eigenvalue weighted by Gasteiger charge is 2.14. The molecule has 0 spiro atoms. The van der Waals surface area contributed by atoms with E-state index >= 15 is 0 Å². The average molecular weight is 294 g/mol. The summed E-state index contributed by atoms with van der Waals surface area (Å²) in [5, 5.41) is 8.08. The van der Waals surface area contributed by atoms with E-state index in [4.69, 9.17) is 9.56 Å². The number of primary sulfonamides is 1. The number of hydrogen-bond acceptors (Lipinski definition) is 4. The average Bonchev–Trinajstić information content (AvgIpc) is 2.85. The van der Waals surface area contributed by atoms with Crippen LogP contribution in [0.1, 0.15) is 29.9 Å². The van der Waals surface area contributed by atoms with E-state index < -0.39 is 10.0 Å². The highest BCUT2D eigenvalue weighted by Crippen LogP contribution is 2.18. The van der Waals surface area contributed by atoms with Crippen molar-refractivity contribution in [1.29, 1.82) is 0 Å². The smallest absolute Gasteiger partial charge is 0.271 e. The zero-order valence-electron chi connectivity index (χ0n) is 11.5. The molecular weight excluding hydrogens is 276 g/mol. The van der Waals surface area contributed by atoms with Crippen molar-refractivity contribution in [1.82, 2.24) is 5.32 Å². The topological polar surface area (TPSA) is 85.3 Å². The molecule has 0 aliphatic rings. The van der Waals surface area contributed by atoms with E-state index in [9.17, 15) is 8.42 Å². The van der Waals surface area contributed by atoms with Gasteiger partial charge in [0.1, 0.15) is 5.76 Å². The highest BCUT2D eigenvalue weighted by atomic mass is 32.2. The molecule has 2 aromatic rings. The minimum atomic E-state index is -3.77. The Morgan fingerprint density at radius 2 is 1.95 bits per heavy atom. The molecule has 3 N–H and O–H groups in total. The minimum absolute atomic E-state index is 0.138. The molecule has 0 aliphatic heterocycles. The van der Waals surface area contributed by atoms with Crippen molar-refractivity contribution >= 4 is 10.0 Å². The van der Waals surface area contributed by atoms with E-state index in [-0.39, 0.29) is 11.1 Å². The van der Waals surface area contributed by atoms with Gasteiger partial charge in [-0.1, -0.05) is 24.3 Å². The van der Waals surface area contributed by atoms with Crippen molar-refractivity contribution in [2.75, 3.05) is 0 Å². The van der Waals surface area contributed by atoms with Crippen molar-refractivity contribution in [3.8, 4) is 0 Å². The summed E-state index contributed by atoms with van der Waals surface area (Å²) in [5.74, 6) is 0.537. The van der Waals surface area contributed by atoms with Gasteiger partial charge < -0.3 is 9.73 Å². The van der Waals surface area contributed by atoms with Gasteiger partial charge in [0.05, 0.1) is 6.54 Å². The van der Waals surface area contributed by atoms with Gasteiger partial charge >= 0.3 is 0 Å². The van der Waals surface area contributed by atoms with Crippen LogP contribution in [0, 0.1) is 6.92 Å². The van der Waals surface area contributed by atoms with E-state index in [1.807, 2.05) is 19.1 Å². The molecule has 1 heterocycles. The third-order valence-corrected chi connectivity index (χ3v) is 3.94. The fourth-order valence-electron chi connectivity index (χ4n) is 2.04. The Labute approximate surface area is 118 Å². The summed E-state index contributed by atoms with van der Waals surface area (Å²) in [6, 6.07) is 11.2. The fraction of sp³-hybridized carbons (Fsp3) is 0.286. The monoisotopic (exact) mass is 294 g/mol. The predicted molar refractivity (Wildman–Crippen MR) is 76.5 cm³/mol. The van der Waals surface area contributed by atoms with E-state index in [0.29, 0.717) is 12.3 Å². The zero-order chi connectivity index (χ0) is 14.8. The highest BCUT2D eigenvalue weighted by molar-refractivity contribution is 7.89. The van der Waals surface area contributed by atoms with Crippen molar-refractivity contribution < 1.29 is 12.8 Å². The van der Waals surface area contributed by atoms with Gasteiger partial charge in [-0.25, -0.2) is 13.6 Å². The van der Waals surface area contributed by atoms with Crippen LogP contribution < -0.4 is 10.5 Å². The number of sulfonamides is 1. The van der Waals surface area contributed by atoms with Crippen LogP contribution in [0.15, 0.2) is 45.9 Å². The molecule has 0 unspecified atom stereocenters. The molecule has 0 amide bonds. The Morgan fingerprint density at radius 3 is 2.55 bits per heavy atom. The van der Waals surface area contributed by atoms with Crippen LogP contribution in [-0.2, 0) is 16.6 Å². The molecule has 6 heteroatoms. The van der Waals surface area contributed by atoms with Gasteiger partial charge in [0.15, 0.2) is 0 Å². The summed E-state index contributed by atoms with van der Waals surface area (Å²) in [5.41, 5.74) is 2.41. The lowest BCUT2D eigenvalue weighted by atomic mass is 10.0. The van der Waals surface area contributed by atoms with Crippen molar-refractivity contribution in [3.05, 3.63) is 53.3 Å². The molecular formula is C14H18N2O3S. The SMILES string of the molecule is Cc1ccccc1[C@@H](C)NCc1ccc(S(N)(=O)=O)o1. The first kappa shape index (κ1) is 14.8. The molecule has 5 nitrogen and oxygen atoms in total. The molecule has 1 aromatic carbocycles. The molecule has 20 heavy (non-hydrogen) atoms. The first-order valence-electron chi connectivity index (χ1n) is 6.28. The van der Waals surface area contributed by atoms with Crippen LogP contribution in [0.4, 0.5) is 0 Å². The lowest BCUT2D eigenvalue weighted by Crippen LogP contribution is -2.18. The summed E-state index contributed by atoms with van der Waals surface area (Å²) >= 11 is 0. The molecule has 1 aromatic heterocycles. The Hall–Kier alpha value is -1.63. The maximum Gasteiger partial charge on any atom is 0.271 e. The van der Waals surface area contributed by atoms with E-state index in [1.54, 1.807) is 6.07 Å². The van der Waals surface area contributed by atoms with Crippen LogP contribution in [0.3, 0.4) is 0 Å². The summed E-state index contributed by atoms with van der Waals surface area (Å²) in [4.78, 5) is 0. The van der Waals surface area contributed by atoms with E-state index in [0.717, 1.165) is 0 Å². The summed E-state index contributed by atoms with van der Waals surface area (Å²) in [6.07, 6.45) is 0. The Kier molecular flexibility index (Phi) is 4.27. The second-order valence-electron chi connectivity index (χ2n) is 4.72. The number of nitrogens with two attached hydrogens (primary N) is 1. The Balaban J connectivity index is 2.02. The van der Waals surface area contributed by atoms with E-state index in [2.05, 4.69) is 24.4 Å². The van der Waals surface area contributed by atoms with Gasteiger partial charge in [0.2, 0.25) is 5.09 Å². The molecule has 0 radical (unpaired) electrons. The second kappa shape index (κ2) is 5.78. The summed E-state index contributed by atoms with van der Waals surface area (Å²) in [7, 11) is -3.77. The van der Waals surface area contributed by atoms with Crippen LogP contribution >= 0.6 is 0 Å². The normalized spacial score (nSPS) is 13.3. The maximum absolute atomic E-state index is 11.1. The molecule has 0 fully saturated rings. The molecule has 0 saturated carbocycles. The largest absolute Gasteiger partial charge is 0.447 e. The number of benzene rings is 1. The molecule has 0 saturated heterocycles. The van der Waals surface area contributed by atoms with Gasteiger partial charge in [0, 0.05) is 6.04 Å². The van der Waals surface area contributed by atoms with Gasteiger partial charge in [-0.15, -0.1) is 0 Å². The number of furan rings is 1. The number of hydrogen-bond donors (Lipinski definition) is 2. The number of nitrogens with one attached hydrogen (secondary N) is 1. The van der Waals surface area contributed by atoms with Crippen LogP contribution in [-0.4, -0.2) is 8.42 Å². The van der Waals surface area contributed by atoms with Crippen LogP contribution in [0.2, 0.25) is 0 Å². The van der Waals surface area contributed by atoms with Crippen molar-refractivity contribution in [2.24, 2.45) is 5.14 Å². The Morgan fingerprint density at radius 1 is 1.25 bits per heavy atom. The standard InChI is InChI=1S/C14H18N2O3S/c1-10-5-3-4-6-13(10)11(2)16-9-12-7-8-14(19-12)20(15,17)18/h3-8,11,16H,9H2,1-2H3,(H2,15,17,18)/t11-/m1/s1. The fourth-order valence-corrected chi connectivity index (χ4v) is 2.52. The first-order valence-corrected chi connectivity index (χ1v) is 7.83. The lowest BCUT2D eigenvalue weighted by molar-refractivity contribution is 0.393. The third-order valence-electron chi connectivity index (χ3n) is 3.15.